The quantitative estimate of drug-likeness (QED) is 0.754. The fourth-order valence-electron chi connectivity index (χ4n) is 1.79. The van der Waals surface area contributed by atoms with E-state index in [4.69, 9.17) is 0 Å². The highest BCUT2D eigenvalue weighted by atomic mass is 32.1. The fraction of sp³-hybridized carbons (Fsp3) is 0.231. The Bertz CT molecular complexity index is 511. The van der Waals surface area contributed by atoms with Crippen molar-refractivity contribution in [2.75, 3.05) is 0 Å². The summed E-state index contributed by atoms with van der Waals surface area (Å²) in [7, 11) is 0. The van der Waals surface area contributed by atoms with Crippen molar-refractivity contribution in [3.8, 4) is 10.6 Å². The SMILES string of the molecule is O=Cc1csc(-c2ccc(C3CC3)cc2)n1. The maximum atomic E-state index is 10.5. The van der Waals surface area contributed by atoms with Crippen LogP contribution in [0.4, 0.5) is 0 Å². The van der Waals surface area contributed by atoms with Gasteiger partial charge in [0.05, 0.1) is 0 Å². The molecule has 0 spiro atoms. The molecule has 1 heterocycles. The van der Waals surface area contributed by atoms with Gasteiger partial charge in [-0.1, -0.05) is 24.3 Å². The van der Waals surface area contributed by atoms with E-state index >= 15 is 0 Å². The van der Waals surface area contributed by atoms with E-state index in [0.717, 1.165) is 22.8 Å². The van der Waals surface area contributed by atoms with Crippen molar-refractivity contribution in [3.63, 3.8) is 0 Å². The van der Waals surface area contributed by atoms with Gasteiger partial charge in [-0.05, 0) is 24.3 Å². The van der Waals surface area contributed by atoms with Gasteiger partial charge in [-0.25, -0.2) is 4.98 Å². The monoisotopic (exact) mass is 229 g/mol. The standard InChI is InChI=1S/C13H11NOS/c15-7-12-8-16-13(14-12)11-5-3-10(4-6-11)9-1-2-9/h3-9H,1-2H2. The average Bonchev–Trinajstić information content (AvgIpc) is 3.07. The number of aldehydes is 1. The average molecular weight is 229 g/mol. The Kier molecular flexibility index (Phi) is 2.33. The maximum Gasteiger partial charge on any atom is 0.169 e. The van der Waals surface area contributed by atoms with E-state index in [1.807, 2.05) is 0 Å². The largest absolute Gasteiger partial charge is 0.296 e. The van der Waals surface area contributed by atoms with Crippen LogP contribution in [-0.2, 0) is 0 Å². The zero-order valence-corrected chi connectivity index (χ0v) is 9.54. The van der Waals surface area contributed by atoms with Crippen molar-refractivity contribution in [2.24, 2.45) is 0 Å². The van der Waals surface area contributed by atoms with E-state index in [2.05, 4.69) is 29.2 Å². The molecule has 1 aliphatic carbocycles. The van der Waals surface area contributed by atoms with Crippen molar-refractivity contribution in [1.82, 2.24) is 4.98 Å². The summed E-state index contributed by atoms with van der Waals surface area (Å²) in [6.45, 7) is 0. The molecule has 1 fully saturated rings. The van der Waals surface area contributed by atoms with Gasteiger partial charge in [-0.3, -0.25) is 4.79 Å². The Morgan fingerprint density at radius 3 is 2.56 bits per heavy atom. The molecule has 0 bridgehead atoms. The number of hydrogen-bond acceptors (Lipinski definition) is 3. The Balaban J connectivity index is 1.90. The lowest BCUT2D eigenvalue weighted by atomic mass is 10.1. The summed E-state index contributed by atoms with van der Waals surface area (Å²) in [4.78, 5) is 14.8. The second kappa shape index (κ2) is 3.83. The molecule has 1 aliphatic rings. The van der Waals surface area contributed by atoms with E-state index in [0.29, 0.717) is 5.69 Å². The van der Waals surface area contributed by atoms with Crippen LogP contribution in [0.1, 0.15) is 34.8 Å². The highest BCUT2D eigenvalue weighted by Crippen LogP contribution is 2.40. The zero-order valence-electron chi connectivity index (χ0n) is 8.72. The Morgan fingerprint density at radius 2 is 2.00 bits per heavy atom. The predicted molar refractivity (Wildman–Crippen MR) is 64.9 cm³/mol. The molecule has 0 radical (unpaired) electrons. The number of rotatable bonds is 3. The van der Waals surface area contributed by atoms with Crippen molar-refractivity contribution in [3.05, 3.63) is 40.9 Å². The number of nitrogens with zero attached hydrogens (tertiary/aromatic N) is 1. The van der Waals surface area contributed by atoms with E-state index in [1.54, 1.807) is 5.38 Å². The van der Waals surface area contributed by atoms with E-state index in [-0.39, 0.29) is 0 Å². The highest BCUT2D eigenvalue weighted by Gasteiger charge is 2.23. The van der Waals surface area contributed by atoms with Gasteiger partial charge in [0.2, 0.25) is 0 Å². The minimum absolute atomic E-state index is 0.520. The van der Waals surface area contributed by atoms with Crippen LogP contribution >= 0.6 is 11.3 Å². The van der Waals surface area contributed by atoms with Crippen LogP contribution in [-0.4, -0.2) is 11.3 Å². The van der Waals surface area contributed by atoms with E-state index in [9.17, 15) is 4.79 Å². The summed E-state index contributed by atoms with van der Waals surface area (Å²) in [5, 5.41) is 2.71. The summed E-state index contributed by atoms with van der Waals surface area (Å²) < 4.78 is 0. The van der Waals surface area contributed by atoms with Crippen LogP contribution < -0.4 is 0 Å². The molecule has 1 aromatic carbocycles. The van der Waals surface area contributed by atoms with Crippen molar-refractivity contribution >= 4 is 17.6 Å². The van der Waals surface area contributed by atoms with Gasteiger partial charge in [0.25, 0.3) is 0 Å². The molecule has 2 nitrogen and oxygen atoms in total. The third-order valence-electron chi connectivity index (χ3n) is 2.85. The molecule has 0 aliphatic heterocycles. The lowest BCUT2D eigenvalue weighted by Crippen LogP contribution is -1.82. The Hall–Kier alpha value is -1.48. The first kappa shape index (κ1) is 9.73. The molecule has 1 saturated carbocycles. The summed E-state index contributed by atoms with van der Waals surface area (Å²) in [5.41, 5.74) is 3.05. The van der Waals surface area contributed by atoms with Gasteiger partial charge >= 0.3 is 0 Å². The van der Waals surface area contributed by atoms with E-state index in [1.165, 1.54) is 29.7 Å². The van der Waals surface area contributed by atoms with Gasteiger partial charge in [-0.15, -0.1) is 11.3 Å². The van der Waals surface area contributed by atoms with Crippen molar-refractivity contribution in [2.45, 2.75) is 18.8 Å². The number of carbonyl (C=O) groups is 1. The zero-order chi connectivity index (χ0) is 11.0. The lowest BCUT2D eigenvalue weighted by molar-refractivity contribution is 0.111. The summed E-state index contributed by atoms with van der Waals surface area (Å²) >= 11 is 1.51. The molecule has 16 heavy (non-hydrogen) atoms. The molecule has 0 N–H and O–H groups in total. The fourth-order valence-corrected chi connectivity index (χ4v) is 2.56. The topological polar surface area (TPSA) is 30.0 Å². The second-order valence-electron chi connectivity index (χ2n) is 4.09. The predicted octanol–water partition coefficient (Wildman–Crippen LogP) is 3.50. The lowest BCUT2D eigenvalue weighted by Gasteiger charge is -1.99. The number of benzene rings is 1. The number of aromatic nitrogens is 1. The molecule has 3 rings (SSSR count). The third-order valence-corrected chi connectivity index (χ3v) is 3.76. The molecule has 0 atom stereocenters. The first-order chi connectivity index (χ1) is 7.86. The van der Waals surface area contributed by atoms with Gasteiger partial charge in [0.1, 0.15) is 10.7 Å². The van der Waals surface area contributed by atoms with Crippen LogP contribution in [0.5, 0.6) is 0 Å². The molecule has 1 aromatic heterocycles. The Morgan fingerprint density at radius 1 is 1.25 bits per heavy atom. The molecule has 2 aromatic rings. The maximum absolute atomic E-state index is 10.5. The summed E-state index contributed by atoms with van der Waals surface area (Å²) in [5.74, 6) is 0.788. The number of thiazole rings is 1. The first-order valence-electron chi connectivity index (χ1n) is 5.38. The molecule has 3 heteroatoms. The van der Waals surface area contributed by atoms with Crippen LogP contribution in [0.3, 0.4) is 0 Å². The molecular weight excluding hydrogens is 218 g/mol. The van der Waals surface area contributed by atoms with E-state index < -0.39 is 0 Å². The normalized spacial score (nSPS) is 15.0. The summed E-state index contributed by atoms with van der Waals surface area (Å²) in [6, 6.07) is 8.55. The van der Waals surface area contributed by atoms with Crippen LogP contribution in [0, 0.1) is 0 Å². The van der Waals surface area contributed by atoms with Crippen LogP contribution in [0.25, 0.3) is 10.6 Å². The van der Waals surface area contributed by atoms with Crippen LogP contribution in [0.2, 0.25) is 0 Å². The summed E-state index contributed by atoms with van der Waals surface area (Å²) in [6.07, 6.45) is 3.44. The molecule has 0 saturated heterocycles. The van der Waals surface area contributed by atoms with Gasteiger partial charge in [0.15, 0.2) is 6.29 Å². The van der Waals surface area contributed by atoms with Gasteiger partial charge < -0.3 is 0 Å². The van der Waals surface area contributed by atoms with Crippen LogP contribution in [0.15, 0.2) is 29.6 Å². The Labute approximate surface area is 98.0 Å². The van der Waals surface area contributed by atoms with Gasteiger partial charge in [-0.2, -0.15) is 0 Å². The third kappa shape index (κ3) is 1.78. The minimum Gasteiger partial charge on any atom is -0.296 e. The highest BCUT2D eigenvalue weighted by molar-refractivity contribution is 7.13. The molecule has 0 unspecified atom stereocenters. The number of hydrogen-bond donors (Lipinski definition) is 0. The van der Waals surface area contributed by atoms with Crippen molar-refractivity contribution in [1.29, 1.82) is 0 Å². The molecular formula is C13H11NOS. The second-order valence-corrected chi connectivity index (χ2v) is 4.95. The van der Waals surface area contributed by atoms with Crippen molar-refractivity contribution < 1.29 is 4.79 Å². The number of carbonyl (C=O) groups excluding carboxylic acids is 1. The molecule has 0 amide bonds. The van der Waals surface area contributed by atoms with Gasteiger partial charge in [0, 0.05) is 10.9 Å². The smallest absolute Gasteiger partial charge is 0.169 e. The first-order valence-corrected chi connectivity index (χ1v) is 6.26. The molecule has 80 valence electrons. The minimum atomic E-state index is 0.520.